The summed E-state index contributed by atoms with van der Waals surface area (Å²) in [4.78, 5) is 25.9. The molecule has 2 fully saturated rings. The number of amides is 1. The highest BCUT2D eigenvalue weighted by Gasteiger charge is 2.40. The van der Waals surface area contributed by atoms with Crippen molar-refractivity contribution in [2.75, 3.05) is 13.2 Å². The molecule has 0 aromatic heterocycles. The topological polar surface area (TPSA) is 87.1 Å². The summed E-state index contributed by atoms with van der Waals surface area (Å²) < 4.78 is 5.03. The highest BCUT2D eigenvalue weighted by Crippen LogP contribution is 2.35. The Kier molecular flexibility index (Phi) is 10.5. The minimum atomic E-state index is -0.760. The average Bonchev–Trinajstić information content (AvgIpc) is 3.02. The van der Waals surface area contributed by atoms with Crippen LogP contribution in [-0.4, -0.2) is 57.9 Å². The van der Waals surface area contributed by atoms with Gasteiger partial charge in [-0.3, -0.25) is 9.59 Å². The van der Waals surface area contributed by atoms with Gasteiger partial charge in [-0.15, -0.1) is 0 Å². The molecule has 2 aliphatic rings. The van der Waals surface area contributed by atoms with Gasteiger partial charge in [-0.1, -0.05) is 38.3 Å². The van der Waals surface area contributed by atoms with Crippen LogP contribution in [0.25, 0.3) is 0 Å². The van der Waals surface area contributed by atoms with E-state index in [2.05, 4.69) is 6.08 Å². The molecule has 31 heavy (non-hydrogen) atoms. The molecule has 0 bridgehead atoms. The van der Waals surface area contributed by atoms with E-state index in [4.69, 9.17) is 4.74 Å². The lowest BCUT2D eigenvalue weighted by molar-refractivity contribution is -0.147. The monoisotopic (exact) mass is 437 g/mol. The number of aliphatic hydroxyl groups is 2. The van der Waals surface area contributed by atoms with Crippen LogP contribution in [0.1, 0.15) is 91.4 Å². The van der Waals surface area contributed by atoms with Crippen molar-refractivity contribution < 1.29 is 24.5 Å². The SMILES string of the molecule is CCOC(=O)C(C)CCCC=CCC1C(O)CC(=O)N1CCC(C)(O)C1CCCCC1. The van der Waals surface area contributed by atoms with Gasteiger partial charge in [0.05, 0.1) is 36.7 Å². The third-order valence-corrected chi connectivity index (χ3v) is 7.13. The van der Waals surface area contributed by atoms with Crippen molar-refractivity contribution in [2.45, 2.75) is 109 Å². The summed E-state index contributed by atoms with van der Waals surface area (Å²) in [6, 6.07) is -0.218. The molecule has 178 valence electrons. The van der Waals surface area contributed by atoms with E-state index < -0.39 is 11.7 Å². The third-order valence-electron chi connectivity index (χ3n) is 7.13. The highest BCUT2D eigenvalue weighted by molar-refractivity contribution is 5.79. The number of aliphatic hydroxyl groups excluding tert-OH is 1. The van der Waals surface area contributed by atoms with Gasteiger partial charge < -0.3 is 19.8 Å². The van der Waals surface area contributed by atoms with Gasteiger partial charge in [-0.25, -0.2) is 0 Å². The molecule has 6 nitrogen and oxygen atoms in total. The van der Waals surface area contributed by atoms with Crippen LogP contribution in [0, 0.1) is 11.8 Å². The molecule has 4 atom stereocenters. The zero-order valence-corrected chi connectivity index (χ0v) is 19.7. The van der Waals surface area contributed by atoms with Gasteiger partial charge in [0.1, 0.15) is 0 Å². The predicted octanol–water partition coefficient (Wildman–Crippen LogP) is 3.99. The first kappa shape index (κ1) is 25.9. The number of likely N-dealkylation sites (tertiary alicyclic amines) is 1. The minimum Gasteiger partial charge on any atom is -0.466 e. The fourth-order valence-electron chi connectivity index (χ4n) is 4.97. The fraction of sp³-hybridized carbons (Fsp3) is 0.840. The van der Waals surface area contributed by atoms with Crippen molar-refractivity contribution in [3.8, 4) is 0 Å². The minimum absolute atomic E-state index is 0.0198. The van der Waals surface area contributed by atoms with E-state index in [0.717, 1.165) is 32.1 Å². The number of unbranched alkanes of at least 4 members (excludes halogenated alkanes) is 1. The second-order valence-corrected chi connectivity index (χ2v) is 9.66. The third kappa shape index (κ3) is 7.90. The van der Waals surface area contributed by atoms with Gasteiger partial charge in [0.15, 0.2) is 0 Å². The average molecular weight is 438 g/mol. The van der Waals surface area contributed by atoms with Crippen LogP contribution >= 0.6 is 0 Å². The molecule has 0 aromatic carbocycles. The Morgan fingerprint density at radius 3 is 2.68 bits per heavy atom. The van der Waals surface area contributed by atoms with Crippen molar-refractivity contribution in [1.29, 1.82) is 0 Å². The normalized spacial score (nSPS) is 25.7. The van der Waals surface area contributed by atoms with E-state index in [0.29, 0.717) is 31.9 Å². The van der Waals surface area contributed by atoms with Crippen LogP contribution in [0.15, 0.2) is 12.2 Å². The Labute approximate surface area is 188 Å². The summed E-state index contributed by atoms with van der Waals surface area (Å²) in [5.41, 5.74) is -0.760. The van der Waals surface area contributed by atoms with E-state index in [1.807, 2.05) is 26.8 Å². The number of ether oxygens (including phenoxy) is 1. The number of esters is 1. The van der Waals surface area contributed by atoms with Crippen LogP contribution in [-0.2, 0) is 14.3 Å². The molecule has 0 radical (unpaired) electrons. The second-order valence-electron chi connectivity index (χ2n) is 9.66. The maximum atomic E-state index is 12.4. The summed E-state index contributed by atoms with van der Waals surface area (Å²) in [5.74, 6) is 0.0572. The van der Waals surface area contributed by atoms with Crippen molar-refractivity contribution in [2.24, 2.45) is 11.8 Å². The summed E-state index contributed by atoms with van der Waals surface area (Å²) >= 11 is 0. The van der Waals surface area contributed by atoms with Crippen LogP contribution in [0.2, 0.25) is 0 Å². The lowest BCUT2D eigenvalue weighted by Crippen LogP contribution is -2.43. The lowest BCUT2D eigenvalue weighted by atomic mass is 9.76. The molecule has 1 aliphatic carbocycles. The Morgan fingerprint density at radius 1 is 1.29 bits per heavy atom. The molecule has 1 amide bonds. The number of carbonyl (C=O) groups is 2. The molecule has 4 unspecified atom stereocenters. The first-order valence-electron chi connectivity index (χ1n) is 12.3. The van der Waals surface area contributed by atoms with Crippen molar-refractivity contribution in [3.05, 3.63) is 12.2 Å². The molecule has 1 aliphatic heterocycles. The Morgan fingerprint density at radius 2 is 2.00 bits per heavy atom. The first-order chi connectivity index (χ1) is 14.8. The second kappa shape index (κ2) is 12.6. The Bertz CT molecular complexity index is 597. The number of carbonyl (C=O) groups excluding carboxylic acids is 2. The number of rotatable bonds is 12. The Hall–Kier alpha value is -1.40. The predicted molar refractivity (Wildman–Crippen MR) is 121 cm³/mol. The number of allylic oxidation sites excluding steroid dienone is 1. The molecule has 1 heterocycles. The highest BCUT2D eigenvalue weighted by atomic mass is 16.5. The van der Waals surface area contributed by atoms with Crippen LogP contribution < -0.4 is 0 Å². The van der Waals surface area contributed by atoms with E-state index in [9.17, 15) is 19.8 Å². The summed E-state index contributed by atoms with van der Waals surface area (Å²) in [5, 5.41) is 21.4. The molecule has 0 spiro atoms. The van der Waals surface area contributed by atoms with Crippen molar-refractivity contribution in [1.82, 2.24) is 4.90 Å². The van der Waals surface area contributed by atoms with Gasteiger partial charge >= 0.3 is 5.97 Å². The van der Waals surface area contributed by atoms with Gasteiger partial charge in [-0.05, 0) is 64.7 Å². The number of hydrogen-bond donors (Lipinski definition) is 2. The maximum absolute atomic E-state index is 12.4. The molecule has 6 heteroatoms. The molecular weight excluding hydrogens is 394 g/mol. The van der Waals surface area contributed by atoms with Gasteiger partial charge in [0.25, 0.3) is 0 Å². The van der Waals surface area contributed by atoms with E-state index >= 15 is 0 Å². The maximum Gasteiger partial charge on any atom is 0.308 e. The first-order valence-corrected chi connectivity index (χ1v) is 12.3. The quantitative estimate of drug-likeness (QED) is 0.274. The molecule has 2 rings (SSSR count). The summed E-state index contributed by atoms with van der Waals surface area (Å²) in [6.07, 6.45) is 13.1. The van der Waals surface area contributed by atoms with Crippen LogP contribution in [0.4, 0.5) is 0 Å². The molecule has 2 N–H and O–H groups in total. The number of nitrogens with zero attached hydrogens (tertiary/aromatic N) is 1. The smallest absolute Gasteiger partial charge is 0.308 e. The lowest BCUT2D eigenvalue weighted by Gasteiger charge is -2.37. The van der Waals surface area contributed by atoms with E-state index in [-0.39, 0.29) is 30.3 Å². The van der Waals surface area contributed by atoms with Crippen molar-refractivity contribution >= 4 is 11.9 Å². The van der Waals surface area contributed by atoms with Crippen molar-refractivity contribution in [3.63, 3.8) is 0 Å². The molecule has 0 aromatic rings. The zero-order chi connectivity index (χ0) is 22.9. The van der Waals surface area contributed by atoms with Gasteiger partial charge in [-0.2, -0.15) is 0 Å². The molecule has 1 saturated heterocycles. The number of hydrogen-bond acceptors (Lipinski definition) is 5. The summed E-state index contributed by atoms with van der Waals surface area (Å²) in [6.45, 7) is 6.53. The largest absolute Gasteiger partial charge is 0.466 e. The Balaban J connectivity index is 1.77. The van der Waals surface area contributed by atoms with E-state index in [1.54, 1.807) is 4.90 Å². The van der Waals surface area contributed by atoms with Crippen LogP contribution in [0.3, 0.4) is 0 Å². The van der Waals surface area contributed by atoms with Crippen LogP contribution in [0.5, 0.6) is 0 Å². The van der Waals surface area contributed by atoms with Gasteiger partial charge in [0.2, 0.25) is 5.91 Å². The molecule has 1 saturated carbocycles. The molecular formula is C25H43NO5. The zero-order valence-electron chi connectivity index (χ0n) is 19.7. The standard InChI is InChI=1S/C25H43NO5/c1-4-31-24(29)19(2)12-8-5-6-11-15-21-22(27)18-23(28)26(21)17-16-25(3,30)20-13-9-7-10-14-20/h6,11,19-22,27,30H,4-5,7-10,12-18H2,1-3H3. The van der Waals surface area contributed by atoms with Gasteiger partial charge in [0, 0.05) is 6.54 Å². The van der Waals surface area contributed by atoms with E-state index in [1.165, 1.54) is 19.3 Å². The fourth-order valence-corrected chi connectivity index (χ4v) is 4.97. The summed E-state index contributed by atoms with van der Waals surface area (Å²) in [7, 11) is 0.